The van der Waals surface area contributed by atoms with Gasteiger partial charge in [-0.05, 0) is 0 Å². The first-order valence-corrected chi connectivity index (χ1v) is 7.51. The van der Waals surface area contributed by atoms with E-state index in [1.807, 2.05) is 0 Å². The van der Waals surface area contributed by atoms with E-state index in [1.54, 1.807) is 0 Å². The zero-order valence-electron chi connectivity index (χ0n) is 13.7. The first-order chi connectivity index (χ1) is 13.0. The Hall–Kier alpha value is -1.58. The van der Waals surface area contributed by atoms with Crippen LogP contribution < -0.4 is 0 Å². The first-order valence-electron chi connectivity index (χ1n) is 7.51. The van der Waals surface area contributed by atoms with Gasteiger partial charge in [-0.3, -0.25) is 4.79 Å². The average Bonchev–Trinajstić information content (AvgIpc) is 2.58. The molecule has 0 aromatic carbocycles. The van der Waals surface area contributed by atoms with Gasteiger partial charge in [-0.1, -0.05) is 6.92 Å². The minimum atomic E-state index is -7.88. The lowest BCUT2D eigenvalue weighted by Crippen LogP contribution is -3.10. The number of hydrogen-bond acceptors (Lipinski definition) is 2. The maximum absolute atomic E-state index is 14.6. The van der Waals surface area contributed by atoms with Crippen molar-refractivity contribution in [1.29, 1.82) is 0 Å². The number of hydrogen-bond donors (Lipinski definition) is 0. The van der Waals surface area contributed by atoms with Crippen LogP contribution in [0.4, 0.5) is 65.9 Å². The van der Waals surface area contributed by atoms with Gasteiger partial charge in [0.15, 0.2) is 0 Å². The summed E-state index contributed by atoms with van der Waals surface area (Å²) in [4.78, 5) is 11.2. The molecular weight excluding hydrogens is 473 g/mol. The second kappa shape index (κ2) is 4.76. The highest BCUT2D eigenvalue weighted by Crippen LogP contribution is 2.88. The predicted octanol–water partition coefficient (Wildman–Crippen LogP) is 4.66. The highest BCUT2D eigenvalue weighted by Gasteiger charge is 3.24. The molecule has 17 heteroatoms. The van der Waals surface area contributed by atoms with E-state index in [0.717, 1.165) is 0 Å². The third kappa shape index (κ3) is 1.33. The summed E-state index contributed by atoms with van der Waals surface area (Å²) in [6.07, 6.45) is -1.51. The number of esters is 1. The SMILES string of the molecule is CCC(=O)OC12C(F)(F)C3(F)C(F)(F)C(F)(C(F)(F)C(F)(C3(F)F)C1(F)F)C2(F)F. The fourth-order valence-corrected chi connectivity index (χ4v) is 4.24. The number of rotatable bonds is 2. The van der Waals surface area contributed by atoms with Crippen molar-refractivity contribution in [3.63, 3.8) is 0 Å². The van der Waals surface area contributed by atoms with Crippen molar-refractivity contribution in [1.82, 2.24) is 0 Å². The molecule has 0 aromatic heterocycles. The number of carbonyl (C=O) groups is 1. The molecule has 0 aliphatic heterocycles. The van der Waals surface area contributed by atoms with Gasteiger partial charge in [0.25, 0.3) is 0 Å². The Bertz CT molecular complexity index is 719. The zero-order chi connectivity index (χ0) is 24.0. The molecule has 0 unspecified atom stereocenters. The number of alkyl halides is 15. The fourth-order valence-electron chi connectivity index (χ4n) is 4.24. The monoisotopic (exact) mass is 478 g/mol. The van der Waals surface area contributed by atoms with Gasteiger partial charge in [0.1, 0.15) is 0 Å². The molecule has 30 heavy (non-hydrogen) atoms. The van der Waals surface area contributed by atoms with Crippen molar-refractivity contribution < 1.29 is 75.4 Å². The van der Waals surface area contributed by atoms with Crippen LogP contribution in [0.3, 0.4) is 0 Å². The smallest absolute Gasteiger partial charge is 0.345 e. The molecule has 0 radical (unpaired) electrons. The lowest BCUT2D eigenvalue weighted by Gasteiger charge is -2.74. The maximum Gasteiger partial charge on any atom is 0.345 e. The molecule has 0 atom stereocenters. The van der Waals surface area contributed by atoms with E-state index < -0.39 is 70.5 Å². The van der Waals surface area contributed by atoms with E-state index in [4.69, 9.17) is 0 Å². The van der Waals surface area contributed by atoms with Crippen LogP contribution in [0.1, 0.15) is 13.3 Å². The van der Waals surface area contributed by atoms with Crippen LogP contribution in [-0.2, 0) is 9.53 Å². The highest BCUT2D eigenvalue weighted by molar-refractivity contribution is 5.71. The summed E-state index contributed by atoms with van der Waals surface area (Å²) >= 11 is 0. The Kier molecular flexibility index (Phi) is 3.66. The molecule has 0 aromatic rings. The normalized spacial score (nSPS) is 47.7. The van der Waals surface area contributed by atoms with Gasteiger partial charge in [0.2, 0.25) is 0 Å². The van der Waals surface area contributed by atoms with Crippen LogP contribution >= 0.6 is 0 Å². The van der Waals surface area contributed by atoms with Gasteiger partial charge in [0.05, 0.1) is 0 Å². The Balaban J connectivity index is 2.69. The molecule has 0 spiro atoms. The Morgan fingerprint density at radius 1 is 0.533 bits per heavy atom. The molecule has 4 fully saturated rings. The molecule has 4 saturated carbocycles. The van der Waals surface area contributed by atoms with Gasteiger partial charge in [-0.2, -0.15) is 52.7 Å². The highest BCUT2D eigenvalue weighted by atomic mass is 19.3. The number of carbonyl (C=O) groups excluding carboxylic acids is 1. The minimum absolute atomic E-state index is 0.469. The molecule has 2 nitrogen and oxygen atoms in total. The zero-order valence-corrected chi connectivity index (χ0v) is 13.7. The van der Waals surface area contributed by atoms with Gasteiger partial charge in [-0.15, -0.1) is 0 Å². The van der Waals surface area contributed by atoms with Gasteiger partial charge in [-0.25, -0.2) is 13.2 Å². The van der Waals surface area contributed by atoms with Crippen LogP contribution in [0.15, 0.2) is 0 Å². The molecule has 0 saturated heterocycles. The molecule has 174 valence electrons. The van der Waals surface area contributed by atoms with Gasteiger partial charge >= 0.3 is 64.1 Å². The topological polar surface area (TPSA) is 26.3 Å². The second-order valence-electron chi connectivity index (χ2n) is 6.93. The van der Waals surface area contributed by atoms with Crippen LogP contribution in [0.5, 0.6) is 0 Å². The standard InChI is InChI=1S/C13H5F15O2/c1-2-3(29)30-7-11(23,24)4(14)8(17,18)5(15,12(7,25)26)10(21,22)6(16,9(4,19)20)13(7,27)28/h2H2,1H3. The van der Waals surface area contributed by atoms with Crippen LogP contribution in [0.25, 0.3) is 0 Å². The summed E-state index contributed by atoms with van der Waals surface area (Å²) in [5.41, 5.74) is -30.4. The van der Waals surface area contributed by atoms with Crippen LogP contribution in [0.2, 0.25) is 0 Å². The van der Waals surface area contributed by atoms with Crippen LogP contribution in [0, 0.1) is 0 Å². The summed E-state index contributed by atoms with van der Waals surface area (Å²) in [5, 5.41) is 0. The van der Waals surface area contributed by atoms with E-state index in [2.05, 4.69) is 4.74 Å². The average molecular weight is 478 g/mol. The lowest BCUT2D eigenvalue weighted by molar-refractivity contribution is -0.614. The quantitative estimate of drug-likeness (QED) is 0.427. The molecule has 4 bridgehead atoms. The molecule has 0 N–H and O–H groups in total. The van der Waals surface area contributed by atoms with E-state index in [0.29, 0.717) is 6.92 Å². The molecular formula is C13H5F15O2. The van der Waals surface area contributed by atoms with Crippen molar-refractivity contribution in [3.8, 4) is 0 Å². The van der Waals surface area contributed by atoms with Crippen molar-refractivity contribution in [2.45, 2.75) is 71.5 Å². The van der Waals surface area contributed by atoms with E-state index in [9.17, 15) is 70.7 Å². The third-order valence-electron chi connectivity index (χ3n) is 5.78. The van der Waals surface area contributed by atoms with Crippen molar-refractivity contribution in [3.05, 3.63) is 0 Å². The summed E-state index contributed by atoms with van der Waals surface area (Å²) in [6, 6.07) is 0. The third-order valence-corrected chi connectivity index (χ3v) is 5.78. The molecule has 4 rings (SSSR count). The fraction of sp³-hybridized carbons (Fsp3) is 0.923. The van der Waals surface area contributed by atoms with Crippen molar-refractivity contribution >= 4 is 5.97 Å². The minimum Gasteiger partial charge on any atom is -0.439 e. The van der Waals surface area contributed by atoms with E-state index in [-0.39, 0.29) is 0 Å². The Labute approximate surface area is 154 Å². The van der Waals surface area contributed by atoms with Crippen LogP contribution in [-0.4, -0.2) is 64.1 Å². The van der Waals surface area contributed by atoms with E-state index >= 15 is 0 Å². The number of ether oxygens (including phenoxy) is 1. The van der Waals surface area contributed by atoms with Gasteiger partial charge < -0.3 is 4.74 Å². The lowest BCUT2D eigenvalue weighted by atomic mass is 9.40. The van der Waals surface area contributed by atoms with Crippen molar-refractivity contribution in [2.75, 3.05) is 0 Å². The molecule has 0 amide bonds. The Morgan fingerprint density at radius 2 is 0.767 bits per heavy atom. The molecule has 4 aliphatic rings. The summed E-state index contributed by atoms with van der Waals surface area (Å²) in [5.74, 6) is -49.5. The van der Waals surface area contributed by atoms with E-state index in [1.165, 1.54) is 0 Å². The predicted molar refractivity (Wildman–Crippen MR) is 60.3 cm³/mol. The molecule has 4 aliphatic carbocycles. The largest absolute Gasteiger partial charge is 0.439 e. The summed E-state index contributed by atoms with van der Waals surface area (Å²) < 4.78 is 218. The molecule has 0 heterocycles. The maximum atomic E-state index is 14.6. The Morgan fingerprint density at radius 3 is 0.967 bits per heavy atom. The van der Waals surface area contributed by atoms with Crippen molar-refractivity contribution in [2.24, 2.45) is 0 Å². The summed E-state index contributed by atoms with van der Waals surface area (Å²) in [6.45, 7) is 0.469. The summed E-state index contributed by atoms with van der Waals surface area (Å²) in [7, 11) is 0. The second-order valence-corrected chi connectivity index (χ2v) is 6.93. The number of halogens is 15. The van der Waals surface area contributed by atoms with Gasteiger partial charge in [0, 0.05) is 6.42 Å². The first kappa shape index (κ1) is 23.1.